The molecule has 1 amide bonds. The van der Waals surface area contributed by atoms with Crippen molar-refractivity contribution in [1.82, 2.24) is 4.90 Å². The summed E-state index contributed by atoms with van der Waals surface area (Å²) in [5.41, 5.74) is 7.80. The first kappa shape index (κ1) is 14.5. The normalized spacial score (nSPS) is 27.7. The molecule has 2 heterocycles. The molecule has 0 saturated carbocycles. The van der Waals surface area contributed by atoms with E-state index in [0.29, 0.717) is 13.1 Å². The zero-order valence-electron chi connectivity index (χ0n) is 12.1. The van der Waals surface area contributed by atoms with Gasteiger partial charge in [-0.25, -0.2) is 4.79 Å². The van der Waals surface area contributed by atoms with Gasteiger partial charge in [-0.15, -0.1) is 0 Å². The molecule has 3 rings (SSSR count). The molecule has 0 radical (unpaired) electrons. The van der Waals surface area contributed by atoms with Crippen molar-refractivity contribution >= 4 is 17.7 Å². The molecule has 0 aliphatic carbocycles. The Bertz CT molecular complexity index is 578. The van der Waals surface area contributed by atoms with Crippen molar-refractivity contribution in [2.45, 2.75) is 31.4 Å². The van der Waals surface area contributed by atoms with Gasteiger partial charge in [0.05, 0.1) is 13.2 Å². The number of amides is 1. The van der Waals surface area contributed by atoms with E-state index in [-0.39, 0.29) is 24.2 Å². The van der Waals surface area contributed by atoms with E-state index >= 15 is 0 Å². The van der Waals surface area contributed by atoms with Gasteiger partial charge in [0.1, 0.15) is 11.9 Å². The van der Waals surface area contributed by atoms with Crippen molar-refractivity contribution in [3.8, 4) is 5.75 Å². The summed E-state index contributed by atoms with van der Waals surface area (Å²) >= 11 is 6.25. The minimum absolute atomic E-state index is 0.0515. The lowest BCUT2D eigenvalue weighted by Crippen LogP contribution is -2.34. The number of rotatable bonds is 3. The second-order valence-electron chi connectivity index (χ2n) is 5.60. The van der Waals surface area contributed by atoms with Gasteiger partial charge in [-0.1, -0.05) is 11.6 Å². The summed E-state index contributed by atoms with van der Waals surface area (Å²) in [6.07, 6.45) is 0.343. The molecule has 2 aliphatic heterocycles. The molecule has 1 unspecified atom stereocenters. The maximum absolute atomic E-state index is 11.9. The second kappa shape index (κ2) is 5.39. The van der Waals surface area contributed by atoms with E-state index in [1.807, 2.05) is 19.1 Å². The Balaban J connectivity index is 1.94. The molecule has 2 N–H and O–H groups in total. The third-order valence-corrected chi connectivity index (χ3v) is 4.94. The van der Waals surface area contributed by atoms with Crippen LogP contribution in [0.5, 0.6) is 5.75 Å². The highest BCUT2D eigenvalue weighted by Gasteiger charge is 2.48. The lowest BCUT2D eigenvalue weighted by Gasteiger charge is -2.19. The Kier molecular flexibility index (Phi) is 3.71. The predicted molar refractivity (Wildman–Crippen MR) is 79.9 cm³/mol. The molecule has 2 fully saturated rings. The standard InChI is InChI=1S/C15H19ClN2O3/c1-8-10(16)3-4-12(20-2)14(8)9-5-11-13(6-17)21-15(19)18(11)7-9/h3-4,9,11,13H,5-7,17H2,1-2H3/t9-,11-,13?/m0/s1. The molecule has 114 valence electrons. The lowest BCUT2D eigenvalue weighted by molar-refractivity contribution is 0.128. The Morgan fingerprint density at radius 1 is 1.52 bits per heavy atom. The number of nitrogens with two attached hydrogens (primary N) is 1. The number of fused-ring (bicyclic) bond motifs is 1. The van der Waals surface area contributed by atoms with Crippen LogP contribution in [-0.2, 0) is 4.74 Å². The highest BCUT2D eigenvalue weighted by molar-refractivity contribution is 6.31. The quantitative estimate of drug-likeness (QED) is 0.930. The van der Waals surface area contributed by atoms with E-state index in [0.717, 1.165) is 28.3 Å². The Hall–Kier alpha value is -1.46. The number of hydrogen-bond donors (Lipinski definition) is 1. The van der Waals surface area contributed by atoms with Crippen LogP contribution in [0.4, 0.5) is 4.79 Å². The summed E-state index contributed by atoms with van der Waals surface area (Å²) in [5.74, 6) is 1.02. The molecule has 21 heavy (non-hydrogen) atoms. The van der Waals surface area contributed by atoms with Crippen LogP contribution in [0.2, 0.25) is 5.02 Å². The fourth-order valence-corrected chi connectivity index (χ4v) is 3.65. The third kappa shape index (κ3) is 2.24. The van der Waals surface area contributed by atoms with Crippen LogP contribution in [0, 0.1) is 6.92 Å². The predicted octanol–water partition coefficient (Wildman–Crippen LogP) is 2.29. The highest BCUT2D eigenvalue weighted by atomic mass is 35.5. The maximum atomic E-state index is 11.9. The zero-order chi connectivity index (χ0) is 15.1. The third-order valence-electron chi connectivity index (χ3n) is 4.53. The van der Waals surface area contributed by atoms with Crippen LogP contribution in [0.25, 0.3) is 0 Å². The minimum Gasteiger partial charge on any atom is -0.496 e. The fraction of sp³-hybridized carbons (Fsp3) is 0.533. The summed E-state index contributed by atoms with van der Waals surface area (Å²) < 4.78 is 10.8. The Labute approximate surface area is 128 Å². The van der Waals surface area contributed by atoms with Crippen LogP contribution in [0.3, 0.4) is 0 Å². The average molecular weight is 311 g/mol. The van der Waals surface area contributed by atoms with E-state index < -0.39 is 0 Å². The maximum Gasteiger partial charge on any atom is 0.410 e. The lowest BCUT2D eigenvalue weighted by atomic mass is 9.90. The monoisotopic (exact) mass is 310 g/mol. The van der Waals surface area contributed by atoms with Gasteiger partial charge >= 0.3 is 6.09 Å². The van der Waals surface area contributed by atoms with Gasteiger partial charge in [-0.05, 0) is 31.0 Å². The number of hydrogen-bond acceptors (Lipinski definition) is 4. The van der Waals surface area contributed by atoms with Crippen molar-refractivity contribution in [3.05, 3.63) is 28.3 Å². The van der Waals surface area contributed by atoms with Crippen molar-refractivity contribution in [3.63, 3.8) is 0 Å². The van der Waals surface area contributed by atoms with E-state index in [2.05, 4.69) is 0 Å². The van der Waals surface area contributed by atoms with E-state index in [1.54, 1.807) is 12.0 Å². The largest absolute Gasteiger partial charge is 0.496 e. The van der Waals surface area contributed by atoms with Crippen LogP contribution < -0.4 is 10.5 Å². The van der Waals surface area contributed by atoms with Crippen LogP contribution in [0.15, 0.2) is 12.1 Å². The van der Waals surface area contributed by atoms with E-state index in [4.69, 9.17) is 26.8 Å². The molecule has 0 aromatic heterocycles. The first-order valence-corrected chi connectivity index (χ1v) is 7.45. The molecule has 5 nitrogen and oxygen atoms in total. The molecule has 1 aromatic carbocycles. The molecule has 6 heteroatoms. The molecular weight excluding hydrogens is 292 g/mol. The second-order valence-corrected chi connectivity index (χ2v) is 6.01. The average Bonchev–Trinajstić information content (AvgIpc) is 3.02. The number of ether oxygens (including phenoxy) is 2. The number of nitrogens with zero attached hydrogens (tertiary/aromatic N) is 1. The van der Waals surface area contributed by atoms with Gasteiger partial charge in [0.2, 0.25) is 0 Å². The molecule has 0 spiro atoms. The Morgan fingerprint density at radius 2 is 2.29 bits per heavy atom. The summed E-state index contributed by atoms with van der Waals surface area (Å²) in [6.45, 7) is 2.96. The highest BCUT2D eigenvalue weighted by Crippen LogP contribution is 2.43. The number of carbonyl (C=O) groups is 1. The molecule has 0 bridgehead atoms. The number of cyclic esters (lactones) is 1. The molecule has 2 aliphatic rings. The van der Waals surface area contributed by atoms with Gasteiger partial charge < -0.3 is 20.1 Å². The van der Waals surface area contributed by atoms with Gasteiger partial charge in [0.15, 0.2) is 0 Å². The fourth-order valence-electron chi connectivity index (χ4n) is 3.48. The molecule has 2 saturated heterocycles. The SMILES string of the molecule is COc1ccc(Cl)c(C)c1[C@H]1C[C@H]2C(CN)OC(=O)N2C1. The van der Waals surface area contributed by atoms with Crippen LogP contribution >= 0.6 is 11.6 Å². The van der Waals surface area contributed by atoms with Crippen molar-refractivity contribution in [2.24, 2.45) is 5.73 Å². The van der Waals surface area contributed by atoms with Crippen LogP contribution in [0.1, 0.15) is 23.5 Å². The molecular formula is C15H19ClN2O3. The summed E-state index contributed by atoms with van der Waals surface area (Å²) in [6, 6.07) is 3.77. The summed E-state index contributed by atoms with van der Waals surface area (Å²) in [7, 11) is 1.65. The summed E-state index contributed by atoms with van der Waals surface area (Å²) in [5, 5.41) is 0.718. The topological polar surface area (TPSA) is 64.8 Å². The van der Waals surface area contributed by atoms with Crippen molar-refractivity contribution < 1.29 is 14.3 Å². The molecule has 1 aromatic rings. The van der Waals surface area contributed by atoms with E-state index in [1.165, 1.54) is 0 Å². The minimum atomic E-state index is -0.267. The summed E-state index contributed by atoms with van der Waals surface area (Å²) in [4.78, 5) is 13.7. The van der Waals surface area contributed by atoms with Gasteiger partial charge in [-0.2, -0.15) is 0 Å². The van der Waals surface area contributed by atoms with Crippen LogP contribution in [-0.4, -0.2) is 43.3 Å². The smallest absolute Gasteiger partial charge is 0.410 e. The number of halogens is 1. The van der Waals surface area contributed by atoms with Crippen molar-refractivity contribution in [2.75, 3.05) is 20.2 Å². The van der Waals surface area contributed by atoms with Gasteiger partial charge in [0, 0.05) is 29.6 Å². The Morgan fingerprint density at radius 3 is 2.95 bits per heavy atom. The van der Waals surface area contributed by atoms with E-state index in [9.17, 15) is 4.79 Å². The van der Waals surface area contributed by atoms with Gasteiger partial charge in [-0.3, -0.25) is 0 Å². The number of benzene rings is 1. The van der Waals surface area contributed by atoms with Crippen molar-refractivity contribution in [1.29, 1.82) is 0 Å². The number of carbonyl (C=O) groups excluding carboxylic acids is 1. The zero-order valence-corrected chi connectivity index (χ0v) is 12.9. The first-order valence-electron chi connectivity index (χ1n) is 7.07. The first-order chi connectivity index (χ1) is 10.1. The van der Waals surface area contributed by atoms with Gasteiger partial charge in [0.25, 0.3) is 0 Å². The molecule has 3 atom stereocenters. The number of methoxy groups -OCH3 is 1.